The van der Waals surface area contributed by atoms with Gasteiger partial charge in [-0.15, -0.1) is 0 Å². The first-order chi connectivity index (χ1) is 17.7. The molecule has 1 aromatic heterocycles. The monoisotopic (exact) mass is 563 g/mol. The molecule has 2 atom stereocenters. The van der Waals surface area contributed by atoms with Crippen molar-refractivity contribution in [2.75, 3.05) is 31.2 Å². The van der Waals surface area contributed by atoms with E-state index in [0.717, 1.165) is 17.0 Å². The molecule has 4 rings (SSSR count). The number of anilines is 1. The van der Waals surface area contributed by atoms with Crippen molar-refractivity contribution in [2.24, 2.45) is 0 Å². The standard InChI is InChI=1S/C23H26F5N5O4S/c24-38(25,26,27,28)18-5-3-17(4-6-18)33(23(36)19-13-31-20(34)14-30-19)21(15-2-1-9-29-12-15)22(35)32-16-7-10-37-11-8-16/h1-6,9,12,16,19,21,30H,7-8,10-11,13-14H2,(H,31,34)(H,32,35). The molecule has 0 spiro atoms. The van der Waals surface area contributed by atoms with Crippen LogP contribution in [-0.2, 0) is 19.1 Å². The summed E-state index contributed by atoms with van der Waals surface area (Å²) in [6.45, 7) is 0.456. The molecule has 3 heterocycles. The zero-order valence-corrected chi connectivity index (χ0v) is 20.7. The van der Waals surface area contributed by atoms with Gasteiger partial charge in [-0.1, -0.05) is 25.5 Å². The minimum atomic E-state index is -9.98. The fourth-order valence-electron chi connectivity index (χ4n) is 4.25. The van der Waals surface area contributed by atoms with Crippen LogP contribution in [-0.4, -0.2) is 61.1 Å². The van der Waals surface area contributed by atoms with E-state index >= 15 is 0 Å². The van der Waals surface area contributed by atoms with E-state index in [9.17, 15) is 33.8 Å². The third-order valence-corrected chi connectivity index (χ3v) is 7.35. The molecule has 0 aliphatic carbocycles. The predicted molar refractivity (Wildman–Crippen MR) is 129 cm³/mol. The molecule has 15 heteroatoms. The molecule has 208 valence electrons. The zero-order chi connectivity index (χ0) is 27.6. The Bertz CT molecular complexity index is 1190. The Morgan fingerprint density at radius 2 is 1.76 bits per heavy atom. The van der Waals surface area contributed by atoms with Crippen molar-refractivity contribution in [1.82, 2.24) is 20.9 Å². The number of amides is 3. The molecule has 0 bridgehead atoms. The van der Waals surface area contributed by atoms with Crippen LogP contribution in [0.3, 0.4) is 0 Å². The van der Waals surface area contributed by atoms with E-state index < -0.39 is 39.0 Å². The maximum absolute atomic E-state index is 13.8. The van der Waals surface area contributed by atoms with Crippen LogP contribution in [0.2, 0.25) is 0 Å². The van der Waals surface area contributed by atoms with Crippen LogP contribution in [0.4, 0.5) is 25.1 Å². The molecule has 2 aliphatic heterocycles. The number of piperazine rings is 1. The molecule has 0 radical (unpaired) electrons. The van der Waals surface area contributed by atoms with E-state index in [1.165, 1.54) is 24.5 Å². The number of nitrogens with zero attached hydrogens (tertiary/aromatic N) is 2. The second-order valence-corrected chi connectivity index (χ2v) is 11.4. The lowest BCUT2D eigenvalue weighted by atomic mass is 10.0. The number of carbonyl (C=O) groups is 3. The maximum atomic E-state index is 13.8. The second-order valence-electron chi connectivity index (χ2n) is 8.99. The third-order valence-electron chi connectivity index (χ3n) is 6.18. The highest BCUT2D eigenvalue weighted by Gasteiger charge is 2.65. The summed E-state index contributed by atoms with van der Waals surface area (Å²) in [6.07, 6.45) is 3.78. The van der Waals surface area contributed by atoms with Crippen molar-refractivity contribution in [3.8, 4) is 0 Å². The van der Waals surface area contributed by atoms with E-state index in [0.29, 0.717) is 26.1 Å². The smallest absolute Gasteiger partial charge is 0.310 e. The van der Waals surface area contributed by atoms with Crippen LogP contribution in [0.15, 0.2) is 53.7 Å². The van der Waals surface area contributed by atoms with Crippen LogP contribution in [0.5, 0.6) is 0 Å². The number of benzene rings is 1. The number of nitrogens with one attached hydrogen (secondary N) is 3. The van der Waals surface area contributed by atoms with Gasteiger partial charge in [0.25, 0.3) is 0 Å². The van der Waals surface area contributed by atoms with Gasteiger partial charge in [-0.2, -0.15) is 0 Å². The van der Waals surface area contributed by atoms with Crippen LogP contribution in [0.1, 0.15) is 24.4 Å². The van der Waals surface area contributed by atoms with Gasteiger partial charge < -0.3 is 15.4 Å². The lowest BCUT2D eigenvalue weighted by molar-refractivity contribution is -0.129. The number of rotatable bonds is 7. The minimum absolute atomic E-state index is 0.154. The quantitative estimate of drug-likeness (QED) is 0.446. The SMILES string of the molecule is O=C1CNC(C(=O)N(c2ccc(S(F)(F)(F)(F)F)cc2)C(C(=O)NC2CCOCC2)c2cccnc2)CN1. The molecule has 0 saturated carbocycles. The second kappa shape index (κ2) is 9.78. The summed E-state index contributed by atoms with van der Waals surface area (Å²) in [4.78, 5) is 41.8. The number of hydrogen-bond donors (Lipinski definition) is 3. The average molecular weight is 564 g/mol. The summed E-state index contributed by atoms with van der Waals surface area (Å²) in [7, 11) is -9.98. The van der Waals surface area contributed by atoms with Crippen molar-refractivity contribution in [1.29, 1.82) is 0 Å². The van der Waals surface area contributed by atoms with E-state index in [2.05, 4.69) is 20.9 Å². The van der Waals surface area contributed by atoms with Gasteiger partial charge in [0.15, 0.2) is 0 Å². The molecule has 2 fully saturated rings. The van der Waals surface area contributed by atoms with Crippen molar-refractivity contribution in [3.63, 3.8) is 0 Å². The van der Waals surface area contributed by atoms with E-state index in [-0.39, 0.29) is 48.4 Å². The summed E-state index contributed by atoms with van der Waals surface area (Å²) in [5, 5.41) is 8.10. The van der Waals surface area contributed by atoms with Crippen molar-refractivity contribution < 1.29 is 38.5 Å². The van der Waals surface area contributed by atoms with Gasteiger partial charge in [0, 0.05) is 49.4 Å². The van der Waals surface area contributed by atoms with E-state index in [4.69, 9.17) is 4.74 Å². The molecule has 1 aromatic carbocycles. The molecule has 38 heavy (non-hydrogen) atoms. The summed E-state index contributed by atoms with van der Waals surface area (Å²) in [6, 6.07) is 2.10. The third kappa shape index (κ3) is 6.57. The van der Waals surface area contributed by atoms with Crippen LogP contribution in [0, 0.1) is 0 Å². The number of carbonyl (C=O) groups excluding carboxylic acids is 3. The predicted octanol–water partition coefficient (Wildman–Crippen LogP) is 3.20. The van der Waals surface area contributed by atoms with Gasteiger partial charge in [0.1, 0.15) is 17.0 Å². The Morgan fingerprint density at radius 3 is 2.32 bits per heavy atom. The fraction of sp³-hybridized carbons (Fsp3) is 0.391. The van der Waals surface area contributed by atoms with Gasteiger partial charge >= 0.3 is 10.2 Å². The lowest BCUT2D eigenvalue weighted by Gasteiger charge is -2.41. The Hall–Kier alpha value is -3.30. The summed E-state index contributed by atoms with van der Waals surface area (Å²) in [5.74, 6) is -1.78. The van der Waals surface area contributed by atoms with Crippen LogP contribution in [0.25, 0.3) is 0 Å². The maximum Gasteiger partial charge on any atom is 0.310 e. The molecule has 9 nitrogen and oxygen atoms in total. The number of hydrogen-bond acceptors (Lipinski definition) is 6. The molecule has 2 aliphatic rings. The first-order valence-corrected chi connectivity index (χ1v) is 13.6. The van der Waals surface area contributed by atoms with E-state index in [1.54, 1.807) is 0 Å². The molecular weight excluding hydrogens is 537 g/mol. The number of pyridine rings is 1. The van der Waals surface area contributed by atoms with Crippen molar-refractivity contribution >= 4 is 33.6 Å². The van der Waals surface area contributed by atoms with Gasteiger partial charge in [-0.3, -0.25) is 29.6 Å². The number of ether oxygens (including phenoxy) is 1. The van der Waals surface area contributed by atoms with Crippen molar-refractivity contribution in [2.45, 2.75) is 35.9 Å². The molecule has 2 saturated heterocycles. The average Bonchev–Trinajstić information content (AvgIpc) is 2.87. The van der Waals surface area contributed by atoms with Gasteiger partial charge in [-0.25, -0.2) is 0 Å². The van der Waals surface area contributed by atoms with Gasteiger partial charge in [0.05, 0.1) is 6.54 Å². The Balaban J connectivity index is 1.77. The van der Waals surface area contributed by atoms with Crippen LogP contribution >= 0.6 is 10.2 Å². The molecule has 2 aromatic rings. The first kappa shape index (κ1) is 27.7. The molecular formula is C23H26F5N5O4S. The van der Waals surface area contributed by atoms with Gasteiger partial charge in [0.2, 0.25) is 17.7 Å². The number of aromatic nitrogens is 1. The topological polar surface area (TPSA) is 113 Å². The van der Waals surface area contributed by atoms with Crippen molar-refractivity contribution in [3.05, 3.63) is 54.4 Å². The highest BCUT2D eigenvalue weighted by molar-refractivity contribution is 8.45. The largest absolute Gasteiger partial charge is 0.381 e. The van der Waals surface area contributed by atoms with Crippen LogP contribution < -0.4 is 20.9 Å². The Kier molecular flexibility index (Phi) is 7.14. The van der Waals surface area contributed by atoms with E-state index in [1.807, 2.05) is 0 Å². The molecule has 3 amide bonds. The number of halogens is 5. The highest BCUT2D eigenvalue weighted by atomic mass is 32.5. The Morgan fingerprint density at radius 1 is 1.08 bits per heavy atom. The molecule has 3 N–H and O–H groups in total. The Labute approximate surface area is 214 Å². The summed E-state index contributed by atoms with van der Waals surface area (Å²) in [5.41, 5.74) is 0.0114. The summed E-state index contributed by atoms with van der Waals surface area (Å²) < 4.78 is 72.1. The van der Waals surface area contributed by atoms with Gasteiger partial charge in [-0.05, 0) is 43.2 Å². The fourth-order valence-corrected chi connectivity index (χ4v) is 4.90. The lowest BCUT2D eigenvalue weighted by Crippen LogP contribution is -2.60. The minimum Gasteiger partial charge on any atom is -0.381 e. The normalized spacial score (nSPS) is 21.4. The first-order valence-electron chi connectivity index (χ1n) is 11.7. The zero-order valence-electron chi connectivity index (χ0n) is 19.9. The highest BCUT2D eigenvalue weighted by Crippen LogP contribution is 3.02. The summed E-state index contributed by atoms with van der Waals surface area (Å²) >= 11 is 0. The molecule has 2 unspecified atom stereocenters.